The Kier molecular flexibility index (Phi) is 7.31. The zero-order chi connectivity index (χ0) is 28.3. The Balaban J connectivity index is 1.37. The van der Waals surface area contributed by atoms with E-state index >= 15 is 0 Å². The largest absolute Gasteiger partial charge is 0.355 e. The lowest BCUT2D eigenvalue weighted by Gasteiger charge is -2.26. The zero-order valence-corrected chi connectivity index (χ0v) is 24.1. The Bertz CT molecular complexity index is 1750. The molecule has 0 fully saturated rings. The first-order valence-corrected chi connectivity index (χ1v) is 14.4. The third kappa shape index (κ3) is 5.34. The van der Waals surface area contributed by atoms with Crippen LogP contribution >= 0.6 is 0 Å². The van der Waals surface area contributed by atoms with E-state index in [1.165, 1.54) is 33.4 Å². The Hall–Kier alpha value is -4.82. The molecule has 1 aliphatic heterocycles. The van der Waals surface area contributed by atoms with Crippen molar-refractivity contribution in [2.45, 2.75) is 33.1 Å². The van der Waals surface area contributed by atoms with Gasteiger partial charge >= 0.3 is 0 Å². The lowest BCUT2D eigenvalue weighted by molar-refractivity contribution is 0.967. The van der Waals surface area contributed by atoms with Crippen LogP contribution in [0.25, 0.3) is 16.7 Å². The molecule has 6 rings (SSSR count). The quantitative estimate of drug-likeness (QED) is 0.219. The fourth-order valence-corrected chi connectivity index (χ4v) is 5.82. The molecule has 41 heavy (non-hydrogen) atoms. The number of aryl methyl sites for hydroxylation is 1. The van der Waals surface area contributed by atoms with Crippen LogP contribution in [0.4, 0.5) is 22.7 Å². The summed E-state index contributed by atoms with van der Waals surface area (Å²) < 4.78 is 0. The van der Waals surface area contributed by atoms with Gasteiger partial charge in [-0.05, 0) is 96.1 Å². The summed E-state index contributed by atoms with van der Waals surface area (Å²) in [5.74, 6) is 0.279. The zero-order valence-electron chi connectivity index (χ0n) is 24.1. The molecule has 2 aliphatic rings. The van der Waals surface area contributed by atoms with Gasteiger partial charge in [-0.15, -0.1) is 0 Å². The molecule has 4 aromatic carbocycles. The highest BCUT2D eigenvalue weighted by Crippen LogP contribution is 2.42. The van der Waals surface area contributed by atoms with Crippen molar-refractivity contribution in [3.8, 4) is 11.1 Å². The summed E-state index contributed by atoms with van der Waals surface area (Å²) in [6.45, 7) is 10.9. The van der Waals surface area contributed by atoms with E-state index in [1.807, 2.05) is 6.92 Å². The van der Waals surface area contributed by atoms with Crippen molar-refractivity contribution in [1.29, 1.82) is 0 Å². The molecule has 2 heteroatoms. The second kappa shape index (κ2) is 11.3. The molecule has 1 unspecified atom stereocenters. The number of nitrogens with one attached hydrogen (secondary N) is 1. The van der Waals surface area contributed by atoms with Gasteiger partial charge in [-0.2, -0.15) is 0 Å². The van der Waals surface area contributed by atoms with E-state index in [1.54, 1.807) is 0 Å². The number of rotatable bonds is 6. The van der Waals surface area contributed by atoms with Gasteiger partial charge in [0.05, 0.1) is 5.69 Å². The number of hydrogen-bond donors (Lipinski definition) is 1. The van der Waals surface area contributed by atoms with Crippen molar-refractivity contribution >= 4 is 28.3 Å². The highest BCUT2D eigenvalue weighted by atomic mass is 15.1. The number of anilines is 4. The lowest BCUT2D eigenvalue weighted by Crippen LogP contribution is -2.12. The van der Waals surface area contributed by atoms with E-state index in [9.17, 15) is 0 Å². The van der Waals surface area contributed by atoms with Gasteiger partial charge in [0.15, 0.2) is 0 Å². The predicted molar refractivity (Wildman–Crippen MR) is 177 cm³/mol. The van der Waals surface area contributed by atoms with Gasteiger partial charge in [0.2, 0.25) is 0 Å². The monoisotopic (exact) mass is 532 g/mol. The molecule has 0 saturated heterocycles. The topological polar surface area (TPSA) is 15.3 Å². The summed E-state index contributed by atoms with van der Waals surface area (Å²) in [6.07, 6.45) is 17.9. The Labute approximate surface area is 244 Å². The summed E-state index contributed by atoms with van der Waals surface area (Å²) in [6, 6.07) is 28.8. The molecule has 1 N–H and O–H groups in total. The lowest BCUT2D eigenvalue weighted by atomic mass is 9.96. The van der Waals surface area contributed by atoms with Crippen molar-refractivity contribution in [2.75, 3.05) is 10.2 Å². The maximum atomic E-state index is 4.43. The van der Waals surface area contributed by atoms with Crippen molar-refractivity contribution in [1.82, 2.24) is 0 Å². The van der Waals surface area contributed by atoms with Gasteiger partial charge in [-0.3, -0.25) is 0 Å². The van der Waals surface area contributed by atoms with E-state index in [2.05, 4.69) is 158 Å². The molecule has 202 valence electrons. The van der Waals surface area contributed by atoms with Crippen LogP contribution < -0.4 is 10.2 Å². The van der Waals surface area contributed by atoms with E-state index < -0.39 is 0 Å². The minimum Gasteiger partial charge on any atom is -0.355 e. The van der Waals surface area contributed by atoms with Crippen molar-refractivity contribution in [2.24, 2.45) is 0 Å². The number of hydrogen-bond acceptors (Lipinski definition) is 2. The van der Waals surface area contributed by atoms with Gasteiger partial charge in [-0.25, -0.2) is 0 Å². The van der Waals surface area contributed by atoms with Crippen molar-refractivity contribution in [3.63, 3.8) is 0 Å². The Morgan fingerprint density at radius 1 is 0.854 bits per heavy atom. The molecule has 1 atom stereocenters. The average Bonchev–Trinajstić information content (AvgIpc) is 3.35. The molecule has 1 aliphatic carbocycles. The average molecular weight is 533 g/mol. The first-order valence-electron chi connectivity index (χ1n) is 14.4. The predicted octanol–water partition coefficient (Wildman–Crippen LogP) is 10.8. The van der Waals surface area contributed by atoms with Gasteiger partial charge in [-0.1, -0.05) is 98.0 Å². The summed E-state index contributed by atoms with van der Waals surface area (Å²) in [4.78, 5) is 2.28. The van der Waals surface area contributed by atoms with Crippen LogP contribution in [0.1, 0.15) is 47.6 Å². The van der Waals surface area contributed by atoms with Gasteiger partial charge < -0.3 is 10.2 Å². The fourth-order valence-electron chi connectivity index (χ4n) is 5.82. The van der Waals surface area contributed by atoms with Crippen molar-refractivity contribution in [3.05, 3.63) is 162 Å². The molecule has 1 heterocycles. The first-order chi connectivity index (χ1) is 20.0. The minimum atomic E-state index is 0.279. The van der Waals surface area contributed by atoms with Crippen LogP contribution in [-0.2, 0) is 6.42 Å². The first kappa shape index (κ1) is 26.4. The molecule has 4 aromatic rings. The summed E-state index contributed by atoms with van der Waals surface area (Å²) >= 11 is 0. The molecular weight excluding hydrogens is 496 g/mol. The number of benzene rings is 4. The minimum absolute atomic E-state index is 0.279. The SMILES string of the molecule is C=C1/C=C\C=C/N(c2ccc3c(c2)-c2ccccc2C3)c2ccc(Nc3ccc(C)cc3C(C)/C=C\C=C/C)cc21. The third-order valence-electron chi connectivity index (χ3n) is 7.99. The summed E-state index contributed by atoms with van der Waals surface area (Å²) in [5.41, 5.74) is 14.5. The molecule has 0 saturated carbocycles. The summed E-state index contributed by atoms with van der Waals surface area (Å²) in [5, 5.41) is 3.72. The normalized spacial score (nSPS) is 16.2. The summed E-state index contributed by atoms with van der Waals surface area (Å²) in [7, 11) is 0. The van der Waals surface area contributed by atoms with Crippen LogP contribution in [0, 0.1) is 6.92 Å². The van der Waals surface area contributed by atoms with Crippen LogP contribution in [0.15, 0.2) is 134 Å². The molecule has 2 nitrogen and oxygen atoms in total. The third-order valence-corrected chi connectivity index (χ3v) is 7.99. The van der Waals surface area contributed by atoms with Gasteiger partial charge in [0.25, 0.3) is 0 Å². The molecule has 0 aromatic heterocycles. The Morgan fingerprint density at radius 2 is 1.71 bits per heavy atom. The van der Waals surface area contributed by atoms with E-state index in [0.29, 0.717) is 0 Å². The fraction of sp³-hybridized carbons (Fsp3) is 0.128. The Morgan fingerprint density at radius 3 is 2.59 bits per heavy atom. The smallest absolute Gasteiger partial charge is 0.0535 e. The van der Waals surface area contributed by atoms with Gasteiger partial charge in [0, 0.05) is 34.7 Å². The number of allylic oxidation sites excluding steroid dienone is 8. The number of fused-ring (bicyclic) bond motifs is 4. The molecule has 0 bridgehead atoms. The van der Waals surface area contributed by atoms with Gasteiger partial charge in [0.1, 0.15) is 0 Å². The standard InChI is InChI=1S/C39H36N2/c1-5-6-7-12-28(3)35-23-27(2)16-20-38(35)40-32-18-21-39-36(25-32)29(4)13-10-11-22-41(39)33-19-17-31-24-30-14-8-9-15-34(30)37(31)26-33/h5-23,25-26,28,40H,4,24H2,1-3H3/b6-5-,12-7-,13-10-,22-11-. The number of nitrogens with zero attached hydrogens (tertiary/aromatic N) is 1. The van der Waals surface area contributed by atoms with E-state index in [4.69, 9.17) is 0 Å². The highest BCUT2D eigenvalue weighted by molar-refractivity contribution is 5.89. The second-order valence-electron chi connectivity index (χ2n) is 10.9. The maximum Gasteiger partial charge on any atom is 0.0535 e. The molecule has 0 radical (unpaired) electrons. The van der Waals surface area contributed by atoms with Crippen molar-refractivity contribution < 1.29 is 0 Å². The molecule has 0 spiro atoms. The van der Waals surface area contributed by atoms with E-state index in [-0.39, 0.29) is 5.92 Å². The maximum absolute atomic E-state index is 4.43. The van der Waals surface area contributed by atoms with Crippen LogP contribution in [0.2, 0.25) is 0 Å². The van der Waals surface area contributed by atoms with E-state index in [0.717, 1.165) is 40.3 Å². The van der Waals surface area contributed by atoms with Crippen LogP contribution in [0.3, 0.4) is 0 Å². The highest BCUT2D eigenvalue weighted by Gasteiger charge is 2.21. The second-order valence-corrected chi connectivity index (χ2v) is 10.9. The molecular formula is C39H36N2. The van der Waals surface area contributed by atoms with Crippen LogP contribution in [0.5, 0.6) is 0 Å². The van der Waals surface area contributed by atoms with Crippen LogP contribution in [-0.4, -0.2) is 0 Å². The molecule has 0 amide bonds.